The van der Waals surface area contributed by atoms with E-state index in [9.17, 15) is 30.0 Å². The lowest BCUT2D eigenvalue weighted by Crippen LogP contribution is -1.99. The van der Waals surface area contributed by atoms with Crippen molar-refractivity contribution >= 4 is 11.9 Å². The summed E-state index contributed by atoms with van der Waals surface area (Å²) in [6, 6.07) is 3.44. The topological polar surface area (TPSA) is 156 Å². The largest absolute Gasteiger partial charge is 0.504 e. The second-order valence-corrected chi connectivity index (χ2v) is 4.39. The summed E-state index contributed by atoms with van der Waals surface area (Å²) in [4.78, 5) is 22.0. The molecule has 0 saturated carbocycles. The molecule has 2 aromatic carbocycles. The van der Waals surface area contributed by atoms with E-state index in [1.54, 1.807) is 0 Å². The van der Waals surface area contributed by atoms with Gasteiger partial charge in [-0.2, -0.15) is 0 Å². The molecule has 0 unspecified atom stereocenters. The van der Waals surface area contributed by atoms with Crippen LogP contribution in [-0.4, -0.2) is 42.6 Å². The van der Waals surface area contributed by atoms with Crippen molar-refractivity contribution in [1.29, 1.82) is 0 Å². The van der Waals surface area contributed by atoms with Gasteiger partial charge < -0.3 is 30.6 Å². The zero-order valence-electron chi connectivity index (χ0n) is 10.8. The van der Waals surface area contributed by atoms with Crippen LogP contribution in [0.4, 0.5) is 0 Å². The first-order chi connectivity index (χ1) is 10.2. The molecule has 114 valence electrons. The van der Waals surface area contributed by atoms with Crippen LogP contribution in [-0.2, 0) is 0 Å². The van der Waals surface area contributed by atoms with Crippen molar-refractivity contribution in [2.45, 2.75) is 0 Å². The van der Waals surface area contributed by atoms with Crippen LogP contribution in [0.1, 0.15) is 20.7 Å². The molecule has 0 radical (unpaired) electrons. The van der Waals surface area contributed by atoms with Gasteiger partial charge in [0.2, 0.25) is 0 Å². The Morgan fingerprint density at radius 1 is 0.636 bits per heavy atom. The van der Waals surface area contributed by atoms with Crippen molar-refractivity contribution in [3.8, 4) is 34.1 Å². The molecule has 0 aliphatic rings. The summed E-state index contributed by atoms with van der Waals surface area (Å²) in [5.74, 6) is -5.88. The average molecular weight is 306 g/mol. The highest BCUT2D eigenvalue weighted by Gasteiger charge is 2.20. The molecule has 8 nitrogen and oxygen atoms in total. The molecular formula is C14H10O8. The molecule has 0 aliphatic heterocycles. The van der Waals surface area contributed by atoms with Crippen molar-refractivity contribution in [3.05, 3.63) is 35.4 Å². The molecule has 0 aromatic heterocycles. The standard InChI is InChI=1S/C14H10O8/c15-9-3-5(13(19)20)1-7(11(9)17)8-2-6(14(21)22)4-10(16)12(8)18/h1-4,15-18H,(H,19,20)(H,21,22). The van der Waals surface area contributed by atoms with E-state index in [-0.39, 0.29) is 11.1 Å². The number of benzene rings is 2. The van der Waals surface area contributed by atoms with Crippen LogP contribution in [0.15, 0.2) is 24.3 Å². The molecular weight excluding hydrogens is 296 g/mol. The zero-order chi connectivity index (χ0) is 16.6. The third kappa shape index (κ3) is 2.44. The van der Waals surface area contributed by atoms with Gasteiger partial charge in [-0.1, -0.05) is 0 Å². The molecule has 0 amide bonds. The van der Waals surface area contributed by atoms with Crippen molar-refractivity contribution in [1.82, 2.24) is 0 Å². The average Bonchev–Trinajstić information content (AvgIpc) is 2.44. The Hall–Kier alpha value is -3.42. The summed E-state index contributed by atoms with van der Waals surface area (Å²) >= 11 is 0. The number of phenols is 4. The Balaban J connectivity index is 2.81. The van der Waals surface area contributed by atoms with Gasteiger partial charge in [0.05, 0.1) is 11.1 Å². The van der Waals surface area contributed by atoms with Gasteiger partial charge in [-0.05, 0) is 24.3 Å². The van der Waals surface area contributed by atoms with E-state index in [0.29, 0.717) is 0 Å². The monoisotopic (exact) mass is 306 g/mol. The first-order valence-corrected chi connectivity index (χ1v) is 5.81. The number of aromatic carboxylic acids is 2. The van der Waals surface area contributed by atoms with Gasteiger partial charge in [0.15, 0.2) is 23.0 Å². The number of aromatic hydroxyl groups is 4. The predicted octanol–water partition coefficient (Wildman–Crippen LogP) is 1.57. The van der Waals surface area contributed by atoms with E-state index >= 15 is 0 Å². The quantitative estimate of drug-likeness (QED) is 0.467. The van der Waals surface area contributed by atoms with E-state index in [0.717, 1.165) is 24.3 Å². The Kier molecular flexibility index (Phi) is 3.52. The van der Waals surface area contributed by atoms with Crippen LogP contribution in [0.2, 0.25) is 0 Å². The second kappa shape index (κ2) is 5.17. The van der Waals surface area contributed by atoms with Crippen molar-refractivity contribution < 1.29 is 40.2 Å². The molecule has 8 heteroatoms. The SMILES string of the molecule is O=C(O)c1cc(O)c(O)c(-c2cc(C(=O)O)cc(O)c2O)c1. The fourth-order valence-electron chi connectivity index (χ4n) is 1.90. The summed E-state index contributed by atoms with van der Waals surface area (Å²) in [7, 11) is 0. The van der Waals surface area contributed by atoms with Gasteiger partial charge in [-0.25, -0.2) is 9.59 Å². The van der Waals surface area contributed by atoms with E-state index < -0.39 is 46.1 Å². The van der Waals surface area contributed by atoms with Crippen LogP contribution in [0, 0.1) is 0 Å². The zero-order valence-corrected chi connectivity index (χ0v) is 10.8. The third-order valence-electron chi connectivity index (χ3n) is 2.96. The minimum absolute atomic E-state index is 0.340. The van der Waals surface area contributed by atoms with Crippen molar-refractivity contribution in [2.75, 3.05) is 0 Å². The number of phenolic OH excluding ortho intramolecular Hbond substituents is 4. The number of carbonyl (C=O) groups is 2. The van der Waals surface area contributed by atoms with E-state index in [2.05, 4.69) is 0 Å². The Bertz CT molecular complexity index is 726. The smallest absolute Gasteiger partial charge is 0.335 e. The molecule has 2 rings (SSSR count). The lowest BCUT2D eigenvalue weighted by molar-refractivity contribution is 0.0685. The van der Waals surface area contributed by atoms with Crippen LogP contribution < -0.4 is 0 Å². The number of rotatable bonds is 3. The Morgan fingerprint density at radius 3 is 1.23 bits per heavy atom. The maximum absolute atomic E-state index is 11.0. The first kappa shape index (κ1) is 15.0. The molecule has 22 heavy (non-hydrogen) atoms. The van der Waals surface area contributed by atoms with Crippen molar-refractivity contribution in [3.63, 3.8) is 0 Å². The van der Waals surface area contributed by atoms with Gasteiger partial charge in [0.25, 0.3) is 0 Å². The first-order valence-electron chi connectivity index (χ1n) is 5.81. The molecule has 0 saturated heterocycles. The van der Waals surface area contributed by atoms with E-state index in [1.165, 1.54) is 0 Å². The minimum atomic E-state index is -1.41. The molecule has 6 N–H and O–H groups in total. The number of hydrogen-bond donors (Lipinski definition) is 6. The molecule has 0 atom stereocenters. The van der Waals surface area contributed by atoms with Gasteiger partial charge in [0.1, 0.15) is 0 Å². The predicted molar refractivity (Wildman–Crippen MR) is 72.5 cm³/mol. The summed E-state index contributed by atoms with van der Waals surface area (Å²) in [6.07, 6.45) is 0. The Labute approximate surface area is 122 Å². The van der Waals surface area contributed by atoms with Gasteiger partial charge in [0, 0.05) is 11.1 Å². The summed E-state index contributed by atoms with van der Waals surface area (Å²) in [6.45, 7) is 0. The molecule has 2 aromatic rings. The van der Waals surface area contributed by atoms with Gasteiger partial charge in [-0.3, -0.25) is 0 Å². The second-order valence-electron chi connectivity index (χ2n) is 4.39. The molecule has 0 bridgehead atoms. The number of carboxylic acid groups (broad SMARTS) is 2. The normalized spacial score (nSPS) is 10.4. The highest BCUT2D eigenvalue weighted by atomic mass is 16.4. The molecule has 0 heterocycles. The number of hydrogen-bond acceptors (Lipinski definition) is 6. The minimum Gasteiger partial charge on any atom is -0.504 e. The summed E-state index contributed by atoms with van der Waals surface area (Å²) in [5.41, 5.74) is -1.48. The maximum Gasteiger partial charge on any atom is 0.335 e. The lowest BCUT2D eigenvalue weighted by Gasteiger charge is -2.12. The van der Waals surface area contributed by atoms with E-state index in [4.69, 9.17) is 10.2 Å². The van der Waals surface area contributed by atoms with Crippen molar-refractivity contribution in [2.24, 2.45) is 0 Å². The fraction of sp³-hybridized carbons (Fsp3) is 0. The third-order valence-corrected chi connectivity index (χ3v) is 2.96. The summed E-state index contributed by atoms with van der Waals surface area (Å²) < 4.78 is 0. The highest BCUT2D eigenvalue weighted by Crippen LogP contribution is 2.44. The highest BCUT2D eigenvalue weighted by molar-refractivity contribution is 5.95. The molecule has 0 aliphatic carbocycles. The summed E-state index contributed by atoms with van der Waals surface area (Å²) in [5, 5.41) is 56.6. The Morgan fingerprint density at radius 2 is 0.955 bits per heavy atom. The van der Waals surface area contributed by atoms with E-state index in [1.807, 2.05) is 0 Å². The van der Waals surface area contributed by atoms with Crippen LogP contribution in [0.5, 0.6) is 23.0 Å². The maximum atomic E-state index is 11.0. The van der Waals surface area contributed by atoms with Crippen LogP contribution in [0.25, 0.3) is 11.1 Å². The number of carboxylic acids is 2. The van der Waals surface area contributed by atoms with Gasteiger partial charge >= 0.3 is 11.9 Å². The molecule has 0 fully saturated rings. The fourth-order valence-corrected chi connectivity index (χ4v) is 1.90. The van der Waals surface area contributed by atoms with Gasteiger partial charge in [-0.15, -0.1) is 0 Å². The van der Waals surface area contributed by atoms with Crippen LogP contribution >= 0.6 is 0 Å². The van der Waals surface area contributed by atoms with Crippen LogP contribution in [0.3, 0.4) is 0 Å². The lowest BCUT2D eigenvalue weighted by atomic mass is 9.98. The molecule has 0 spiro atoms.